The Morgan fingerprint density at radius 2 is 0.750 bits per heavy atom. The van der Waals surface area contributed by atoms with Gasteiger partial charge in [-0.05, 0) is 50.2 Å². The summed E-state index contributed by atoms with van der Waals surface area (Å²) >= 11 is 0. The van der Waals surface area contributed by atoms with Gasteiger partial charge in [-0.2, -0.15) is 0 Å². The van der Waals surface area contributed by atoms with E-state index in [2.05, 4.69) is 9.80 Å². The minimum absolute atomic E-state index is 0.662. The number of hydrogen-bond acceptors (Lipinski definition) is 6. The number of nitrogens with zero attached hydrogens (tertiary/aromatic N) is 2. The van der Waals surface area contributed by atoms with Crippen LogP contribution in [0.3, 0.4) is 0 Å². The van der Waals surface area contributed by atoms with E-state index < -0.39 is 0 Å². The van der Waals surface area contributed by atoms with Crippen LogP contribution in [0.4, 0.5) is 0 Å². The number of aliphatic hydroxyl groups excluding tert-OH is 4. The van der Waals surface area contributed by atoms with Gasteiger partial charge in [0, 0.05) is 26.2 Å². The number of aliphatic hydroxyl groups is 4. The fraction of sp³-hybridized carbons (Fsp3) is 0.556. The Hall–Kier alpha value is -1.92. The van der Waals surface area contributed by atoms with Crippen molar-refractivity contribution in [1.82, 2.24) is 9.80 Å². The fourth-order valence-corrected chi connectivity index (χ4v) is 2.32. The van der Waals surface area contributed by atoms with Crippen molar-refractivity contribution in [2.24, 2.45) is 0 Å². The standard InChI is InChI=1S/C18H32N2O4/c21-15-5-11-19(12-6-16-22)9-3-1-2-4-10-20(13-7-17-23)14-8-18-24/h5-8,15-18,21-24H,1-4,9-14H2. The van der Waals surface area contributed by atoms with Gasteiger partial charge in [-0.3, -0.25) is 9.80 Å². The first-order chi connectivity index (χ1) is 11.8. The molecule has 0 saturated carbocycles. The zero-order valence-electron chi connectivity index (χ0n) is 14.4. The van der Waals surface area contributed by atoms with Crippen molar-refractivity contribution < 1.29 is 20.4 Å². The highest BCUT2D eigenvalue weighted by atomic mass is 16.2. The van der Waals surface area contributed by atoms with Crippen molar-refractivity contribution in [3.05, 3.63) is 49.4 Å². The molecular weight excluding hydrogens is 308 g/mol. The molecule has 0 atom stereocenters. The summed E-state index contributed by atoms with van der Waals surface area (Å²) in [6.45, 7) is 4.48. The summed E-state index contributed by atoms with van der Waals surface area (Å²) < 4.78 is 0. The van der Waals surface area contributed by atoms with Crippen LogP contribution in [0.2, 0.25) is 0 Å². The normalized spacial score (nSPS) is 12.9. The molecule has 0 aromatic heterocycles. The second-order valence-corrected chi connectivity index (χ2v) is 5.47. The Morgan fingerprint density at radius 1 is 0.458 bits per heavy atom. The van der Waals surface area contributed by atoms with Crippen LogP contribution in [0.25, 0.3) is 0 Å². The van der Waals surface area contributed by atoms with Crippen LogP contribution in [-0.4, -0.2) is 69.5 Å². The quantitative estimate of drug-likeness (QED) is 0.270. The van der Waals surface area contributed by atoms with Crippen molar-refractivity contribution >= 4 is 0 Å². The maximum Gasteiger partial charge on any atom is 0.0764 e. The van der Waals surface area contributed by atoms with Crippen LogP contribution >= 0.6 is 0 Å². The van der Waals surface area contributed by atoms with Crippen LogP contribution in [0.1, 0.15) is 25.7 Å². The van der Waals surface area contributed by atoms with Gasteiger partial charge >= 0.3 is 0 Å². The molecule has 0 aliphatic heterocycles. The Balaban J connectivity index is 3.90. The third-order valence-electron chi connectivity index (χ3n) is 3.57. The predicted octanol–water partition coefficient (Wildman–Crippen LogP) is 3.44. The van der Waals surface area contributed by atoms with Gasteiger partial charge in [-0.15, -0.1) is 0 Å². The Labute approximate surface area is 145 Å². The van der Waals surface area contributed by atoms with E-state index in [1.54, 1.807) is 24.3 Å². The highest BCUT2D eigenvalue weighted by molar-refractivity contribution is 4.84. The fourth-order valence-electron chi connectivity index (χ4n) is 2.32. The molecule has 0 aromatic carbocycles. The van der Waals surface area contributed by atoms with Crippen LogP contribution in [-0.2, 0) is 0 Å². The molecule has 6 heteroatoms. The lowest BCUT2D eigenvalue weighted by molar-refractivity contribution is 0.304. The third-order valence-corrected chi connectivity index (χ3v) is 3.57. The van der Waals surface area contributed by atoms with E-state index in [1.807, 2.05) is 0 Å². The Bertz CT molecular complexity index is 317. The summed E-state index contributed by atoms with van der Waals surface area (Å²) in [5, 5.41) is 34.9. The van der Waals surface area contributed by atoms with Crippen LogP contribution in [0.15, 0.2) is 49.4 Å². The van der Waals surface area contributed by atoms with Crippen LogP contribution < -0.4 is 0 Å². The van der Waals surface area contributed by atoms with Gasteiger partial charge in [0.2, 0.25) is 0 Å². The van der Waals surface area contributed by atoms with Crippen molar-refractivity contribution in [1.29, 1.82) is 0 Å². The van der Waals surface area contributed by atoms with Crippen molar-refractivity contribution in [2.45, 2.75) is 25.7 Å². The molecule has 0 aromatic rings. The molecule has 0 amide bonds. The van der Waals surface area contributed by atoms with Crippen LogP contribution in [0, 0.1) is 0 Å². The molecule has 0 saturated heterocycles. The molecule has 0 aliphatic rings. The highest BCUT2D eigenvalue weighted by Gasteiger charge is 2.03. The average Bonchev–Trinajstić information content (AvgIpc) is 2.61. The Morgan fingerprint density at radius 3 is 1.00 bits per heavy atom. The van der Waals surface area contributed by atoms with Crippen molar-refractivity contribution in [2.75, 3.05) is 39.3 Å². The monoisotopic (exact) mass is 340 g/mol. The van der Waals surface area contributed by atoms with Gasteiger partial charge in [0.05, 0.1) is 25.0 Å². The number of rotatable bonds is 15. The molecule has 0 radical (unpaired) electrons. The second-order valence-electron chi connectivity index (χ2n) is 5.47. The zero-order valence-corrected chi connectivity index (χ0v) is 14.4. The van der Waals surface area contributed by atoms with E-state index in [0.717, 1.165) is 63.8 Å². The molecule has 4 N–H and O–H groups in total. The van der Waals surface area contributed by atoms with Gasteiger partial charge in [-0.25, -0.2) is 0 Å². The Kier molecular flexibility index (Phi) is 16.0. The minimum Gasteiger partial charge on any atom is -0.516 e. The molecule has 138 valence electrons. The first-order valence-electron chi connectivity index (χ1n) is 8.40. The summed E-state index contributed by atoms with van der Waals surface area (Å²) in [6, 6.07) is 0. The lowest BCUT2D eigenvalue weighted by Crippen LogP contribution is -2.26. The van der Waals surface area contributed by atoms with E-state index in [4.69, 9.17) is 20.4 Å². The van der Waals surface area contributed by atoms with Gasteiger partial charge in [-0.1, -0.05) is 12.8 Å². The van der Waals surface area contributed by atoms with Gasteiger partial charge < -0.3 is 20.4 Å². The molecule has 0 spiro atoms. The summed E-state index contributed by atoms with van der Waals surface area (Å²) in [4.78, 5) is 4.29. The molecule has 24 heavy (non-hydrogen) atoms. The lowest BCUT2D eigenvalue weighted by atomic mass is 10.1. The third kappa shape index (κ3) is 13.7. The van der Waals surface area contributed by atoms with Gasteiger partial charge in [0.15, 0.2) is 0 Å². The average molecular weight is 340 g/mol. The SMILES string of the molecule is OC=CCN(CC=CO)CCCCCCN(CC=CO)CC=CO. The van der Waals surface area contributed by atoms with E-state index in [1.165, 1.54) is 0 Å². The molecule has 0 unspecified atom stereocenters. The molecule has 0 bridgehead atoms. The molecule has 6 nitrogen and oxygen atoms in total. The first-order valence-corrected chi connectivity index (χ1v) is 8.40. The van der Waals surface area contributed by atoms with Crippen LogP contribution in [0.5, 0.6) is 0 Å². The zero-order chi connectivity index (χ0) is 17.9. The summed E-state index contributed by atoms with van der Waals surface area (Å²) in [6.07, 6.45) is 15.3. The summed E-state index contributed by atoms with van der Waals surface area (Å²) in [7, 11) is 0. The second kappa shape index (κ2) is 17.4. The first kappa shape index (κ1) is 22.1. The topological polar surface area (TPSA) is 87.4 Å². The molecule has 0 heterocycles. The summed E-state index contributed by atoms with van der Waals surface area (Å²) in [5.41, 5.74) is 0. The van der Waals surface area contributed by atoms with Gasteiger partial charge in [0.25, 0.3) is 0 Å². The van der Waals surface area contributed by atoms with E-state index >= 15 is 0 Å². The lowest BCUT2D eigenvalue weighted by Gasteiger charge is -2.19. The molecule has 0 rings (SSSR count). The smallest absolute Gasteiger partial charge is 0.0764 e. The highest BCUT2D eigenvalue weighted by Crippen LogP contribution is 2.04. The molecule has 0 aliphatic carbocycles. The number of unbranched alkanes of at least 4 members (excludes halogenated alkanes) is 3. The minimum atomic E-state index is 0.662. The molecule has 0 fully saturated rings. The van der Waals surface area contributed by atoms with E-state index in [0.29, 0.717) is 26.2 Å². The number of hydrogen-bond donors (Lipinski definition) is 4. The summed E-state index contributed by atoms with van der Waals surface area (Å²) in [5.74, 6) is 0. The molecular formula is C18H32N2O4. The predicted molar refractivity (Wildman–Crippen MR) is 98.4 cm³/mol. The van der Waals surface area contributed by atoms with Gasteiger partial charge in [0.1, 0.15) is 0 Å². The van der Waals surface area contributed by atoms with E-state index in [-0.39, 0.29) is 0 Å². The maximum absolute atomic E-state index is 8.74. The van der Waals surface area contributed by atoms with E-state index in [9.17, 15) is 0 Å². The van der Waals surface area contributed by atoms with Crippen molar-refractivity contribution in [3.63, 3.8) is 0 Å². The van der Waals surface area contributed by atoms with Crippen molar-refractivity contribution in [3.8, 4) is 0 Å². The largest absolute Gasteiger partial charge is 0.516 e. The maximum atomic E-state index is 8.74.